The summed E-state index contributed by atoms with van der Waals surface area (Å²) in [6.07, 6.45) is 0.840. The summed E-state index contributed by atoms with van der Waals surface area (Å²) in [5.74, 6) is 0. The Morgan fingerprint density at radius 2 is 1.76 bits per heavy atom. The summed E-state index contributed by atoms with van der Waals surface area (Å²) in [5.41, 5.74) is 1.22. The average Bonchev–Trinajstić information content (AvgIpc) is 2.29. The van der Waals surface area contributed by atoms with Gasteiger partial charge in [0, 0.05) is 19.6 Å². The molecule has 0 N–H and O–H groups in total. The molecule has 4 heteroatoms. The molecule has 1 aromatic rings. The summed E-state index contributed by atoms with van der Waals surface area (Å²) in [7, 11) is 3.96. The molecule has 94 valence electrons. The number of hydrogen-bond donors (Lipinski definition) is 0. The van der Waals surface area contributed by atoms with Crippen molar-refractivity contribution < 1.29 is 4.79 Å². The average molecular weight is 255 g/mol. The largest absolute Gasteiger partial charge is 0.328 e. The van der Waals surface area contributed by atoms with E-state index in [9.17, 15) is 4.79 Å². The molecule has 0 aliphatic carbocycles. The number of rotatable bonds is 6. The van der Waals surface area contributed by atoms with E-state index in [-0.39, 0.29) is 5.37 Å². The van der Waals surface area contributed by atoms with Gasteiger partial charge in [-0.25, -0.2) is 0 Å². The highest BCUT2D eigenvalue weighted by Gasteiger charge is 2.10. The van der Waals surface area contributed by atoms with Crippen LogP contribution in [0.4, 0.5) is 4.79 Å². The topological polar surface area (TPSA) is 23.6 Å². The molecule has 0 spiro atoms. The lowest BCUT2D eigenvalue weighted by Crippen LogP contribution is -2.35. The van der Waals surface area contributed by atoms with E-state index in [2.05, 4.69) is 12.1 Å². The van der Waals surface area contributed by atoms with E-state index in [0.717, 1.165) is 13.0 Å². The molecule has 0 saturated heterocycles. The van der Waals surface area contributed by atoms with Crippen LogP contribution in [0, 0.1) is 0 Å². The molecule has 3 nitrogen and oxygen atoms in total. The Hall–Kier alpha value is -1.06. The standard InChI is InChI=1S/C13H19ClN2O/c1-15(2)10-11-16(13(14)17)9-8-12-6-4-3-5-7-12/h3-7H,8-11H2,1-2H3. The number of likely N-dealkylation sites (N-methyl/N-ethyl adjacent to an activating group) is 1. The van der Waals surface area contributed by atoms with Crippen molar-refractivity contribution >= 4 is 17.0 Å². The number of carbonyl (C=O) groups is 1. The second-order valence-corrected chi connectivity index (χ2v) is 4.60. The van der Waals surface area contributed by atoms with Gasteiger partial charge in [0.1, 0.15) is 0 Å². The second-order valence-electron chi connectivity index (χ2n) is 4.28. The zero-order valence-corrected chi connectivity index (χ0v) is 11.2. The molecule has 1 amide bonds. The van der Waals surface area contributed by atoms with Gasteiger partial charge in [-0.3, -0.25) is 4.79 Å². The highest BCUT2D eigenvalue weighted by atomic mass is 35.5. The molecular formula is C13H19ClN2O. The summed E-state index contributed by atoms with van der Waals surface area (Å²) >= 11 is 5.56. The van der Waals surface area contributed by atoms with E-state index in [1.54, 1.807) is 4.90 Å². The van der Waals surface area contributed by atoms with Crippen LogP contribution in [0.2, 0.25) is 0 Å². The van der Waals surface area contributed by atoms with Gasteiger partial charge in [0.2, 0.25) is 0 Å². The van der Waals surface area contributed by atoms with Crippen LogP contribution in [0.1, 0.15) is 5.56 Å². The predicted molar refractivity (Wildman–Crippen MR) is 71.5 cm³/mol. The lowest BCUT2D eigenvalue weighted by Gasteiger charge is -2.21. The highest BCUT2D eigenvalue weighted by molar-refractivity contribution is 6.62. The molecule has 0 aromatic heterocycles. The van der Waals surface area contributed by atoms with Crippen molar-refractivity contribution in [1.29, 1.82) is 0 Å². The van der Waals surface area contributed by atoms with Crippen LogP contribution < -0.4 is 0 Å². The number of benzene rings is 1. The third-order valence-electron chi connectivity index (χ3n) is 2.58. The minimum absolute atomic E-state index is 0.372. The Bertz CT molecular complexity index is 341. The van der Waals surface area contributed by atoms with Gasteiger partial charge in [0.25, 0.3) is 0 Å². The van der Waals surface area contributed by atoms with Crippen molar-refractivity contribution in [2.45, 2.75) is 6.42 Å². The van der Waals surface area contributed by atoms with Crippen molar-refractivity contribution in [3.8, 4) is 0 Å². The number of nitrogens with zero attached hydrogens (tertiary/aromatic N) is 2. The first-order chi connectivity index (χ1) is 8.09. The molecular weight excluding hydrogens is 236 g/mol. The van der Waals surface area contributed by atoms with Crippen LogP contribution in [-0.4, -0.2) is 48.9 Å². The van der Waals surface area contributed by atoms with E-state index in [1.165, 1.54) is 5.56 Å². The Morgan fingerprint density at radius 1 is 1.12 bits per heavy atom. The Labute approximate surface area is 108 Å². The first kappa shape index (κ1) is 14.0. The smallest absolute Gasteiger partial charge is 0.316 e. The number of halogens is 1. The fourth-order valence-electron chi connectivity index (χ4n) is 1.52. The fourth-order valence-corrected chi connectivity index (χ4v) is 1.69. The molecule has 0 aliphatic heterocycles. The van der Waals surface area contributed by atoms with Gasteiger partial charge < -0.3 is 9.80 Å². The highest BCUT2D eigenvalue weighted by Crippen LogP contribution is 2.03. The molecule has 0 fully saturated rings. The van der Waals surface area contributed by atoms with Crippen LogP contribution in [0.25, 0.3) is 0 Å². The Kier molecular flexibility index (Phi) is 6.01. The predicted octanol–water partition coefficient (Wildman–Crippen LogP) is 2.45. The normalized spacial score (nSPS) is 10.6. The summed E-state index contributed by atoms with van der Waals surface area (Å²) in [5, 5.41) is -0.372. The molecule has 0 saturated carbocycles. The van der Waals surface area contributed by atoms with Gasteiger partial charge in [0.05, 0.1) is 0 Å². The minimum atomic E-state index is -0.372. The van der Waals surface area contributed by atoms with Crippen molar-refractivity contribution in [3.05, 3.63) is 35.9 Å². The van der Waals surface area contributed by atoms with Crippen LogP contribution in [0.15, 0.2) is 30.3 Å². The molecule has 17 heavy (non-hydrogen) atoms. The molecule has 0 heterocycles. The number of amides is 1. The van der Waals surface area contributed by atoms with Crippen molar-refractivity contribution in [3.63, 3.8) is 0 Å². The molecule has 0 bridgehead atoms. The lowest BCUT2D eigenvalue weighted by atomic mass is 10.1. The quantitative estimate of drug-likeness (QED) is 0.575. The van der Waals surface area contributed by atoms with Crippen molar-refractivity contribution in [2.24, 2.45) is 0 Å². The van der Waals surface area contributed by atoms with Crippen LogP contribution in [0.3, 0.4) is 0 Å². The summed E-state index contributed by atoms with van der Waals surface area (Å²) in [4.78, 5) is 15.0. The molecule has 0 atom stereocenters. The van der Waals surface area contributed by atoms with E-state index < -0.39 is 0 Å². The SMILES string of the molecule is CN(C)CCN(CCc1ccccc1)C(=O)Cl. The Morgan fingerprint density at radius 3 is 2.29 bits per heavy atom. The third-order valence-corrected chi connectivity index (χ3v) is 2.82. The van der Waals surface area contributed by atoms with Gasteiger partial charge in [-0.15, -0.1) is 0 Å². The van der Waals surface area contributed by atoms with E-state index >= 15 is 0 Å². The molecule has 0 radical (unpaired) electrons. The summed E-state index contributed by atoms with van der Waals surface area (Å²) < 4.78 is 0. The van der Waals surface area contributed by atoms with Gasteiger partial charge in [-0.05, 0) is 37.7 Å². The second kappa shape index (κ2) is 7.30. The monoisotopic (exact) mass is 254 g/mol. The van der Waals surface area contributed by atoms with E-state index in [4.69, 9.17) is 11.6 Å². The van der Waals surface area contributed by atoms with Crippen LogP contribution in [-0.2, 0) is 6.42 Å². The summed E-state index contributed by atoms with van der Waals surface area (Å²) in [6.45, 7) is 2.16. The molecule has 0 aliphatic rings. The fraction of sp³-hybridized carbons (Fsp3) is 0.462. The molecule has 1 aromatic carbocycles. The zero-order chi connectivity index (χ0) is 12.7. The molecule has 1 rings (SSSR count). The van der Waals surface area contributed by atoms with Gasteiger partial charge in [-0.2, -0.15) is 0 Å². The first-order valence-corrected chi connectivity index (χ1v) is 6.10. The summed E-state index contributed by atoms with van der Waals surface area (Å²) in [6, 6.07) is 10.1. The van der Waals surface area contributed by atoms with Gasteiger partial charge in [0.15, 0.2) is 0 Å². The van der Waals surface area contributed by atoms with Gasteiger partial charge in [-0.1, -0.05) is 30.3 Å². The first-order valence-electron chi connectivity index (χ1n) is 5.72. The van der Waals surface area contributed by atoms with E-state index in [1.807, 2.05) is 37.2 Å². The zero-order valence-electron chi connectivity index (χ0n) is 10.4. The van der Waals surface area contributed by atoms with Crippen LogP contribution in [0.5, 0.6) is 0 Å². The third kappa shape index (κ3) is 5.71. The van der Waals surface area contributed by atoms with Gasteiger partial charge >= 0.3 is 5.37 Å². The number of carbonyl (C=O) groups excluding carboxylic acids is 1. The van der Waals surface area contributed by atoms with Crippen molar-refractivity contribution in [1.82, 2.24) is 9.80 Å². The molecule has 0 unspecified atom stereocenters. The minimum Gasteiger partial charge on any atom is -0.328 e. The maximum Gasteiger partial charge on any atom is 0.316 e. The lowest BCUT2D eigenvalue weighted by molar-refractivity contribution is 0.215. The van der Waals surface area contributed by atoms with E-state index in [0.29, 0.717) is 13.1 Å². The maximum absolute atomic E-state index is 11.3. The maximum atomic E-state index is 11.3. The van der Waals surface area contributed by atoms with Crippen LogP contribution >= 0.6 is 11.6 Å². The number of hydrogen-bond acceptors (Lipinski definition) is 2. The van der Waals surface area contributed by atoms with Crippen molar-refractivity contribution in [2.75, 3.05) is 33.7 Å². The Balaban J connectivity index is 2.42.